The van der Waals surface area contributed by atoms with Crippen molar-refractivity contribution in [2.75, 3.05) is 0 Å². The molecule has 0 saturated carbocycles. The van der Waals surface area contributed by atoms with E-state index in [-0.39, 0.29) is 0 Å². The highest BCUT2D eigenvalue weighted by molar-refractivity contribution is 6.19. The number of nitrogens with zero attached hydrogens (tertiary/aromatic N) is 4. The second-order valence-corrected chi connectivity index (χ2v) is 20.1. The van der Waals surface area contributed by atoms with Crippen LogP contribution in [-0.4, -0.2) is 18.3 Å². The van der Waals surface area contributed by atoms with E-state index in [1.807, 2.05) is 0 Å². The van der Waals surface area contributed by atoms with Crippen LogP contribution in [0.1, 0.15) is 0 Å². The molecule has 0 bridgehead atoms. The van der Waals surface area contributed by atoms with E-state index in [0.717, 1.165) is 22.7 Å². The third kappa shape index (κ3) is 6.38. The van der Waals surface area contributed by atoms with E-state index in [9.17, 15) is 0 Å². The van der Waals surface area contributed by atoms with Gasteiger partial charge in [0.25, 0.3) is 0 Å². The molecule has 0 amide bonds. The number of benzene rings is 12. The smallest absolute Gasteiger partial charge is 0.0547 e. The van der Waals surface area contributed by atoms with Crippen LogP contribution < -0.4 is 0 Å². The summed E-state index contributed by atoms with van der Waals surface area (Å²) in [5.41, 5.74) is 21.2. The number of hydrogen-bond acceptors (Lipinski definition) is 0. The molecule has 16 aromatic rings. The monoisotopic (exact) mass is 966 g/mol. The van der Waals surface area contributed by atoms with Crippen molar-refractivity contribution in [1.29, 1.82) is 0 Å². The first-order valence-electron chi connectivity index (χ1n) is 26.2. The van der Waals surface area contributed by atoms with Gasteiger partial charge in [0, 0.05) is 65.8 Å². The summed E-state index contributed by atoms with van der Waals surface area (Å²) in [6, 6.07) is 103. The van der Waals surface area contributed by atoms with Crippen molar-refractivity contribution < 1.29 is 0 Å². The summed E-state index contributed by atoms with van der Waals surface area (Å²) >= 11 is 0. The Balaban J connectivity index is 0.862. The second kappa shape index (κ2) is 16.7. The number of fused-ring (bicyclic) bond motifs is 12. The Kier molecular flexibility index (Phi) is 9.30. The molecule has 0 fully saturated rings. The first-order valence-corrected chi connectivity index (χ1v) is 26.2. The van der Waals surface area contributed by atoms with Gasteiger partial charge in [-0.15, -0.1) is 0 Å². The minimum Gasteiger partial charge on any atom is -0.309 e. The summed E-state index contributed by atoms with van der Waals surface area (Å²) in [6.07, 6.45) is 0. The van der Waals surface area contributed by atoms with Crippen molar-refractivity contribution in [3.8, 4) is 56.1 Å². The van der Waals surface area contributed by atoms with Crippen LogP contribution in [0.5, 0.6) is 0 Å². The minimum absolute atomic E-state index is 1.14. The van der Waals surface area contributed by atoms with E-state index in [4.69, 9.17) is 0 Å². The predicted octanol–water partition coefficient (Wildman–Crippen LogP) is 19.1. The van der Waals surface area contributed by atoms with E-state index in [1.54, 1.807) is 0 Å². The van der Waals surface area contributed by atoms with Gasteiger partial charge >= 0.3 is 0 Å². The Morgan fingerprint density at radius 1 is 0.171 bits per heavy atom. The van der Waals surface area contributed by atoms with E-state index in [0.29, 0.717) is 0 Å². The lowest BCUT2D eigenvalue weighted by molar-refractivity contribution is 1.18. The van der Waals surface area contributed by atoms with Crippen LogP contribution in [0.15, 0.2) is 279 Å². The Labute approximate surface area is 438 Å². The van der Waals surface area contributed by atoms with E-state index in [1.165, 1.54) is 121 Å². The first kappa shape index (κ1) is 42.4. The summed E-state index contributed by atoms with van der Waals surface area (Å²) in [5.74, 6) is 0. The highest BCUT2D eigenvalue weighted by Gasteiger charge is 2.21. The normalized spacial score (nSPS) is 11.9. The Morgan fingerprint density at radius 3 is 1.00 bits per heavy atom. The minimum atomic E-state index is 1.14. The maximum atomic E-state index is 2.45. The fourth-order valence-electron chi connectivity index (χ4n) is 12.6. The fourth-order valence-corrected chi connectivity index (χ4v) is 12.6. The highest BCUT2D eigenvalue weighted by atomic mass is 15.0. The average molecular weight is 967 g/mol. The molecule has 0 aliphatic heterocycles. The number of para-hydroxylation sites is 6. The lowest BCUT2D eigenvalue weighted by Crippen LogP contribution is -1.94. The third-order valence-electron chi connectivity index (χ3n) is 15.9. The van der Waals surface area contributed by atoms with Gasteiger partial charge in [-0.1, -0.05) is 170 Å². The van der Waals surface area contributed by atoms with Gasteiger partial charge in [-0.2, -0.15) is 0 Å². The molecule has 0 atom stereocenters. The average Bonchev–Trinajstić information content (AvgIpc) is 4.27. The number of aromatic nitrogens is 4. The maximum absolute atomic E-state index is 2.45. The molecule has 4 nitrogen and oxygen atoms in total. The van der Waals surface area contributed by atoms with E-state index >= 15 is 0 Å². The van der Waals surface area contributed by atoms with Gasteiger partial charge in [-0.25, -0.2) is 0 Å². The maximum Gasteiger partial charge on any atom is 0.0547 e. The fraction of sp³-hybridized carbons (Fsp3) is 0. The SMILES string of the molecule is c1ccc(-n2c3ccccc3c3cc(-c4cccc5c4c4ccc(-c6ccc7c(c6)c6ccc(-c8ccc9c%10ccccc%10n(-c%10ccccc%10)c9c8)cc6n7-c6ccccc6)cc4n5-c4ccccc4)ccc32)cc1. The molecule has 0 aliphatic carbocycles. The van der Waals surface area contributed by atoms with Gasteiger partial charge in [0.15, 0.2) is 0 Å². The van der Waals surface area contributed by atoms with Gasteiger partial charge < -0.3 is 18.3 Å². The molecular formula is C72H46N4. The van der Waals surface area contributed by atoms with Crippen molar-refractivity contribution in [3.63, 3.8) is 0 Å². The van der Waals surface area contributed by atoms with Gasteiger partial charge in [-0.05, 0) is 143 Å². The highest BCUT2D eigenvalue weighted by Crippen LogP contribution is 2.44. The second-order valence-electron chi connectivity index (χ2n) is 20.1. The van der Waals surface area contributed by atoms with Crippen LogP contribution in [-0.2, 0) is 0 Å². The molecule has 0 aliphatic rings. The van der Waals surface area contributed by atoms with E-state index < -0.39 is 0 Å². The summed E-state index contributed by atoms with van der Waals surface area (Å²) in [5, 5.41) is 9.91. The van der Waals surface area contributed by atoms with Crippen LogP contribution in [0.3, 0.4) is 0 Å². The zero-order valence-corrected chi connectivity index (χ0v) is 41.3. The van der Waals surface area contributed by atoms with Crippen LogP contribution in [0.25, 0.3) is 143 Å². The van der Waals surface area contributed by atoms with Gasteiger partial charge in [0.2, 0.25) is 0 Å². The van der Waals surface area contributed by atoms with Crippen molar-refractivity contribution in [1.82, 2.24) is 18.3 Å². The van der Waals surface area contributed by atoms with Crippen LogP contribution >= 0.6 is 0 Å². The topological polar surface area (TPSA) is 19.7 Å². The molecule has 0 saturated heterocycles. The standard InChI is InChI=1S/C72H46N4/c1-5-18-52(19-6-1)73-65-30-16-14-27-58(65)63-43-51(36-41-66(63)73)56-28-17-31-68-72(56)61-39-34-48(46-71(61)76(68)55-24-11-4-12-25-55)47-35-40-67-62(42-47)60-38-33-50(45-70(60)75(67)54-22-9-3-10-23-54)49-32-37-59-57-26-13-15-29-64(57)74(69(59)44-49)53-20-7-2-8-21-53/h1-46H. The molecule has 0 unspecified atom stereocenters. The van der Waals surface area contributed by atoms with Crippen LogP contribution in [0.4, 0.5) is 0 Å². The zero-order valence-electron chi connectivity index (χ0n) is 41.3. The Bertz CT molecular complexity index is 4960. The molecule has 354 valence electrons. The third-order valence-corrected chi connectivity index (χ3v) is 15.9. The molecule has 4 heterocycles. The van der Waals surface area contributed by atoms with E-state index in [2.05, 4.69) is 297 Å². The number of rotatable bonds is 7. The van der Waals surface area contributed by atoms with Crippen LogP contribution in [0, 0.1) is 0 Å². The Hall–Kier alpha value is -10.2. The largest absolute Gasteiger partial charge is 0.309 e. The quantitative estimate of drug-likeness (QED) is 0.152. The molecule has 4 heteroatoms. The van der Waals surface area contributed by atoms with Crippen molar-refractivity contribution >= 4 is 87.2 Å². The van der Waals surface area contributed by atoms with Gasteiger partial charge in [0.05, 0.1) is 44.1 Å². The first-order chi connectivity index (χ1) is 37.7. The summed E-state index contributed by atoms with van der Waals surface area (Å²) < 4.78 is 9.68. The summed E-state index contributed by atoms with van der Waals surface area (Å²) in [4.78, 5) is 0. The van der Waals surface area contributed by atoms with Crippen molar-refractivity contribution in [2.45, 2.75) is 0 Å². The molecule has 16 rings (SSSR count). The van der Waals surface area contributed by atoms with Gasteiger partial charge in [-0.3, -0.25) is 0 Å². The molecule has 4 aromatic heterocycles. The molecule has 76 heavy (non-hydrogen) atoms. The van der Waals surface area contributed by atoms with Crippen LogP contribution in [0.2, 0.25) is 0 Å². The predicted molar refractivity (Wildman–Crippen MR) is 320 cm³/mol. The molecule has 12 aromatic carbocycles. The lowest BCUT2D eigenvalue weighted by atomic mass is 9.96. The zero-order chi connectivity index (χ0) is 49.8. The molecule has 0 N–H and O–H groups in total. The lowest BCUT2D eigenvalue weighted by Gasteiger charge is -2.11. The Morgan fingerprint density at radius 2 is 0.487 bits per heavy atom. The summed E-state index contributed by atoms with van der Waals surface area (Å²) in [7, 11) is 0. The van der Waals surface area contributed by atoms with Crippen molar-refractivity contribution in [2.24, 2.45) is 0 Å². The number of hydrogen-bond donors (Lipinski definition) is 0. The van der Waals surface area contributed by atoms with Gasteiger partial charge in [0.1, 0.15) is 0 Å². The molecular weight excluding hydrogens is 921 g/mol. The molecule has 0 spiro atoms. The molecule has 0 radical (unpaired) electrons. The van der Waals surface area contributed by atoms with Crippen molar-refractivity contribution in [3.05, 3.63) is 279 Å². The summed E-state index contributed by atoms with van der Waals surface area (Å²) in [6.45, 7) is 0.